The normalized spacial score (nSPS) is 17.4. The van der Waals surface area contributed by atoms with E-state index >= 15 is 0 Å². The number of hydrogen-bond donors (Lipinski definition) is 0. The van der Waals surface area contributed by atoms with E-state index in [1.54, 1.807) is 0 Å². The molecule has 46 heavy (non-hydrogen) atoms. The molecule has 3 aromatic heterocycles. The third-order valence-electron chi connectivity index (χ3n) is 10.1. The summed E-state index contributed by atoms with van der Waals surface area (Å²) in [5.41, 5.74) is 10.2. The summed E-state index contributed by atoms with van der Waals surface area (Å²) in [4.78, 5) is 10.2. The van der Waals surface area contributed by atoms with E-state index in [2.05, 4.69) is 117 Å². The van der Waals surface area contributed by atoms with Gasteiger partial charge in [-0.2, -0.15) is 0 Å². The molecule has 0 saturated heterocycles. The molecule has 220 valence electrons. The van der Waals surface area contributed by atoms with Crippen molar-refractivity contribution in [2.75, 3.05) is 0 Å². The zero-order valence-corrected chi connectivity index (χ0v) is 25.7. The molecule has 0 fully saturated rings. The topological polar surface area (TPSA) is 52.1 Å². The molecule has 0 aliphatic heterocycles. The van der Waals surface area contributed by atoms with Crippen LogP contribution in [0, 0.1) is 5.92 Å². The lowest BCUT2D eigenvalue weighted by Crippen LogP contribution is -2.01. The molecule has 0 N–H and O–H groups in total. The zero-order valence-electron chi connectivity index (χ0n) is 25.7. The van der Waals surface area contributed by atoms with Crippen molar-refractivity contribution in [2.45, 2.75) is 32.6 Å². The second kappa shape index (κ2) is 9.51. The van der Waals surface area contributed by atoms with Gasteiger partial charge in [-0.05, 0) is 59.2 Å². The number of allylic oxidation sites excluding steroid dienone is 2. The minimum Gasteiger partial charge on any atom is -0.456 e. The second-order valence-electron chi connectivity index (χ2n) is 13.0. The van der Waals surface area contributed by atoms with Crippen LogP contribution < -0.4 is 0 Å². The largest absolute Gasteiger partial charge is 0.456 e. The molecule has 2 atom stereocenters. The van der Waals surface area contributed by atoms with Gasteiger partial charge in [0.25, 0.3) is 0 Å². The minimum atomic E-state index is 0.398. The molecule has 2 aliphatic rings. The van der Waals surface area contributed by atoms with E-state index in [-0.39, 0.29) is 0 Å². The first-order chi connectivity index (χ1) is 22.6. The SMILES string of the molecule is CC1C=Cc2oc3c(-c4ccc(-c5cnc6c7ccccc7c7ccccc7c6n5)cc4)c4oc5c(c4cc3c2C1)C(C)CC=C5. The maximum absolute atomic E-state index is 6.66. The van der Waals surface area contributed by atoms with Gasteiger partial charge in [-0.1, -0.05) is 98.8 Å². The second-order valence-corrected chi connectivity index (χ2v) is 13.0. The highest BCUT2D eigenvalue weighted by Crippen LogP contribution is 2.47. The molecule has 2 unspecified atom stereocenters. The molecule has 2 aliphatic carbocycles. The van der Waals surface area contributed by atoms with E-state index < -0.39 is 0 Å². The van der Waals surface area contributed by atoms with Crippen molar-refractivity contribution in [1.29, 1.82) is 0 Å². The van der Waals surface area contributed by atoms with Crippen LogP contribution in [0.5, 0.6) is 0 Å². The van der Waals surface area contributed by atoms with E-state index in [9.17, 15) is 0 Å². The summed E-state index contributed by atoms with van der Waals surface area (Å²) in [5.74, 6) is 2.80. The van der Waals surface area contributed by atoms with Crippen LogP contribution in [-0.4, -0.2) is 9.97 Å². The standard InChI is InChI=1S/C42H30N2O2/c1-23-14-19-35-31(20-23)32-21-33-37-24(2)8-7-13-36(37)46-42(33)38(41(32)45-35)26-17-15-25(16-18-26)34-22-43-39-29-11-5-3-9-27(29)28-10-4-6-12-30(28)40(39)44-34/h3-7,9-19,21-24H,8,20H2,1-2H3. The molecule has 3 heterocycles. The van der Waals surface area contributed by atoms with Crippen molar-refractivity contribution in [1.82, 2.24) is 9.97 Å². The molecular formula is C42H30N2O2. The third kappa shape index (κ3) is 3.61. The molecule has 0 radical (unpaired) electrons. The maximum Gasteiger partial charge on any atom is 0.146 e. The van der Waals surface area contributed by atoms with Crippen molar-refractivity contribution in [3.8, 4) is 22.4 Å². The average molecular weight is 595 g/mol. The highest BCUT2D eigenvalue weighted by atomic mass is 16.3. The number of hydrogen-bond acceptors (Lipinski definition) is 4. The minimum absolute atomic E-state index is 0.398. The van der Waals surface area contributed by atoms with Crippen molar-refractivity contribution >= 4 is 66.7 Å². The number of aromatic nitrogens is 2. The van der Waals surface area contributed by atoms with E-state index in [0.717, 1.165) is 79.7 Å². The third-order valence-corrected chi connectivity index (χ3v) is 10.1. The monoisotopic (exact) mass is 594 g/mol. The Bertz CT molecular complexity index is 2580. The molecule has 0 amide bonds. The molecule has 0 saturated carbocycles. The van der Waals surface area contributed by atoms with Gasteiger partial charge in [0.1, 0.15) is 22.7 Å². The Morgan fingerprint density at radius 1 is 0.674 bits per heavy atom. The van der Waals surface area contributed by atoms with Crippen LogP contribution in [0.25, 0.3) is 89.1 Å². The first-order valence-electron chi connectivity index (χ1n) is 16.2. The summed E-state index contributed by atoms with van der Waals surface area (Å²) in [5, 5.41) is 7.03. The van der Waals surface area contributed by atoms with Crippen LogP contribution in [-0.2, 0) is 6.42 Å². The van der Waals surface area contributed by atoms with E-state index in [1.165, 1.54) is 32.7 Å². The quantitative estimate of drug-likeness (QED) is 0.187. The van der Waals surface area contributed by atoms with Crippen molar-refractivity contribution in [3.05, 3.63) is 120 Å². The molecule has 0 bridgehead atoms. The predicted molar refractivity (Wildman–Crippen MR) is 189 cm³/mol. The van der Waals surface area contributed by atoms with Crippen molar-refractivity contribution in [2.24, 2.45) is 5.92 Å². The van der Waals surface area contributed by atoms with Gasteiger partial charge in [0, 0.05) is 38.2 Å². The summed E-state index contributed by atoms with van der Waals surface area (Å²) in [6.45, 7) is 4.56. The smallest absolute Gasteiger partial charge is 0.146 e. The Kier molecular flexibility index (Phi) is 5.34. The fourth-order valence-corrected chi connectivity index (χ4v) is 7.83. The van der Waals surface area contributed by atoms with Crippen LogP contribution in [0.1, 0.15) is 48.8 Å². The average Bonchev–Trinajstić information content (AvgIpc) is 3.65. The Labute approximate surface area is 265 Å². The first-order valence-corrected chi connectivity index (χ1v) is 16.2. The number of nitrogens with zero attached hydrogens (tertiary/aromatic N) is 2. The number of benzene rings is 5. The summed E-state index contributed by atoms with van der Waals surface area (Å²) < 4.78 is 13.3. The van der Waals surface area contributed by atoms with Crippen LogP contribution in [0.4, 0.5) is 0 Å². The van der Waals surface area contributed by atoms with Gasteiger partial charge in [-0.25, -0.2) is 4.98 Å². The molecular weight excluding hydrogens is 564 g/mol. The van der Waals surface area contributed by atoms with Crippen LogP contribution in [0.15, 0.2) is 106 Å². The van der Waals surface area contributed by atoms with Crippen molar-refractivity contribution < 1.29 is 8.83 Å². The highest BCUT2D eigenvalue weighted by molar-refractivity contribution is 6.23. The zero-order chi connectivity index (χ0) is 30.5. The molecule has 4 heteroatoms. The molecule has 5 aromatic carbocycles. The van der Waals surface area contributed by atoms with Gasteiger partial charge < -0.3 is 8.83 Å². The van der Waals surface area contributed by atoms with Crippen molar-refractivity contribution in [3.63, 3.8) is 0 Å². The number of fused-ring (bicyclic) bond motifs is 12. The summed E-state index contributed by atoms with van der Waals surface area (Å²) in [7, 11) is 0. The Balaban J connectivity index is 1.17. The Morgan fingerprint density at radius 3 is 2.13 bits per heavy atom. The highest BCUT2D eigenvalue weighted by Gasteiger charge is 2.28. The van der Waals surface area contributed by atoms with Gasteiger partial charge >= 0.3 is 0 Å². The van der Waals surface area contributed by atoms with Crippen LogP contribution >= 0.6 is 0 Å². The van der Waals surface area contributed by atoms with E-state index in [1.807, 2.05) is 6.20 Å². The first kappa shape index (κ1) is 25.8. The van der Waals surface area contributed by atoms with Gasteiger partial charge in [0.05, 0.1) is 28.5 Å². The summed E-state index contributed by atoms with van der Waals surface area (Å²) in [6.07, 6.45) is 12.6. The molecule has 4 nitrogen and oxygen atoms in total. The van der Waals surface area contributed by atoms with E-state index in [0.29, 0.717) is 11.8 Å². The lowest BCUT2D eigenvalue weighted by Gasteiger charge is -2.13. The van der Waals surface area contributed by atoms with Gasteiger partial charge in [-0.15, -0.1) is 0 Å². The number of furan rings is 2. The van der Waals surface area contributed by atoms with E-state index in [4.69, 9.17) is 18.8 Å². The molecule has 8 aromatic rings. The maximum atomic E-state index is 6.66. The summed E-state index contributed by atoms with van der Waals surface area (Å²) in [6, 6.07) is 27.9. The number of rotatable bonds is 2. The molecule has 0 spiro atoms. The van der Waals surface area contributed by atoms with Crippen LogP contribution in [0.2, 0.25) is 0 Å². The fraction of sp³-hybridized carbons (Fsp3) is 0.143. The Morgan fingerprint density at radius 2 is 1.35 bits per heavy atom. The van der Waals surface area contributed by atoms with Gasteiger partial charge in [0.15, 0.2) is 0 Å². The molecule has 10 rings (SSSR count). The lowest BCUT2D eigenvalue weighted by molar-refractivity contribution is 0.577. The van der Waals surface area contributed by atoms with Gasteiger partial charge in [-0.3, -0.25) is 4.98 Å². The van der Waals surface area contributed by atoms with Gasteiger partial charge in [0.2, 0.25) is 0 Å². The van der Waals surface area contributed by atoms with Crippen LogP contribution in [0.3, 0.4) is 0 Å². The summed E-state index contributed by atoms with van der Waals surface area (Å²) >= 11 is 0. The lowest BCUT2D eigenvalue weighted by atomic mass is 9.87. The fourth-order valence-electron chi connectivity index (χ4n) is 7.83. The predicted octanol–water partition coefficient (Wildman–Crippen LogP) is 11.5. The Hall–Kier alpha value is -5.48.